The van der Waals surface area contributed by atoms with E-state index in [-0.39, 0.29) is 17.9 Å². The summed E-state index contributed by atoms with van der Waals surface area (Å²) in [6, 6.07) is 2.09. The number of piperidine rings is 1. The van der Waals surface area contributed by atoms with Crippen LogP contribution >= 0.6 is 11.3 Å². The molecule has 0 aromatic carbocycles. The number of fused-ring (bicyclic) bond motifs is 1. The van der Waals surface area contributed by atoms with Gasteiger partial charge in [-0.2, -0.15) is 0 Å². The molecule has 0 aliphatic carbocycles. The van der Waals surface area contributed by atoms with Crippen molar-refractivity contribution in [1.29, 1.82) is 0 Å². The molecular weight excluding hydrogens is 348 g/mol. The second-order valence-electron chi connectivity index (χ2n) is 7.88. The number of carbonyl (C=O) groups is 2. The molecule has 26 heavy (non-hydrogen) atoms. The lowest BCUT2D eigenvalue weighted by molar-refractivity contribution is -0.125. The number of carbonyl (C=O) groups excluding carboxylic acids is 2. The van der Waals surface area contributed by atoms with Crippen molar-refractivity contribution in [3.63, 3.8) is 0 Å². The summed E-state index contributed by atoms with van der Waals surface area (Å²) in [4.78, 5) is 29.5. The zero-order valence-corrected chi connectivity index (χ0v) is 16.5. The van der Waals surface area contributed by atoms with Gasteiger partial charge in [0.2, 0.25) is 0 Å². The second kappa shape index (κ2) is 7.71. The maximum absolute atomic E-state index is 12.4. The molecule has 0 radical (unpaired) electrons. The van der Waals surface area contributed by atoms with E-state index in [9.17, 15) is 9.59 Å². The third-order valence-corrected chi connectivity index (χ3v) is 5.57. The minimum Gasteiger partial charge on any atom is -0.444 e. The van der Waals surface area contributed by atoms with Gasteiger partial charge in [-0.25, -0.2) is 4.79 Å². The highest BCUT2D eigenvalue weighted by Crippen LogP contribution is 2.24. The fraction of sp³-hybridized carbons (Fsp3) is 0.600. The molecule has 3 heterocycles. The number of nitrogens with zero attached hydrogens (tertiary/aromatic N) is 2. The minimum absolute atomic E-state index is 0.0294. The Morgan fingerprint density at radius 3 is 2.85 bits per heavy atom. The van der Waals surface area contributed by atoms with Gasteiger partial charge in [-0.3, -0.25) is 4.79 Å². The fourth-order valence-electron chi connectivity index (χ4n) is 3.25. The van der Waals surface area contributed by atoms with Crippen molar-refractivity contribution in [2.75, 3.05) is 19.6 Å². The molecule has 0 N–H and O–H groups in total. The lowest BCUT2D eigenvalue weighted by atomic mass is 9.99. The van der Waals surface area contributed by atoms with Crippen molar-refractivity contribution < 1.29 is 14.3 Å². The molecule has 1 atom stereocenters. The Bertz CT molecular complexity index is 738. The molecule has 1 aromatic rings. The summed E-state index contributed by atoms with van der Waals surface area (Å²) in [6.45, 7) is 8.20. The van der Waals surface area contributed by atoms with Gasteiger partial charge in [0.15, 0.2) is 0 Å². The Morgan fingerprint density at radius 1 is 1.27 bits per heavy atom. The largest absolute Gasteiger partial charge is 0.444 e. The van der Waals surface area contributed by atoms with Gasteiger partial charge in [0, 0.05) is 37.0 Å². The molecule has 2 aliphatic heterocycles. The maximum atomic E-state index is 12.4. The van der Waals surface area contributed by atoms with Gasteiger partial charge >= 0.3 is 6.09 Å². The molecule has 5 nitrogen and oxygen atoms in total. The summed E-state index contributed by atoms with van der Waals surface area (Å²) in [6.07, 6.45) is 2.41. The molecular formula is C20H26N2O3S. The number of hydrogen-bond donors (Lipinski definition) is 0. The number of thiophene rings is 1. The first kappa shape index (κ1) is 18.8. The molecule has 6 heteroatoms. The molecule has 1 unspecified atom stereocenters. The standard InChI is InChI=1S/C20H26N2O3S/c1-20(2,3)25-19(24)22-10-4-5-15(13-22)6-7-18(23)21-11-8-17-16(14-21)9-12-26-17/h9,12,15H,4-5,8,10-11,13-14H2,1-3H3. The zero-order valence-electron chi connectivity index (χ0n) is 15.7. The summed E-state index contributed by atoms with van der Waals surface area (Å²) in [5.74, 6) is 5.83. The van der Waals surface area contributed by atoms with Crippen molar-refractivity contribution in [2.45, 2.75) is 52.2 Å². The number of ether oxygens (including phenoxy) is 1. The van der Waals surface area contributed by atoms with E-state index >= 15 is 0 Å². The SMILES string of the molecule is CC(C)(C)OC(=O)N1CCCC(C#CC(=O)N2CCc3sccc3C2)C1. The van der Waals surface area contributed by atoms with Crippen LogP contribution in [0.25, 0.3) is 0 Å². The average molecular weight is 375 g/mol. The van der Waals surface area contributed by atoms with Crippen molar-refractivity contribution >= 4 is 23.3 Å². The lowest BCUT2D eigenvalue weighted by Crippen LogP contribution is -2.42. The fourth-order valence-corrected chi connectivity index (χ4v) is 4.14. The van der Waals surface area contributed by atoms with E-state index in [0.717, 1.165) is 25.8 Å². The van der Waals surface area contributed by atoms with Crippen LogP contribution in [0.1, 0.15) is 44.1 Å². The Balaban J connectivity index is 1.56. The van der Waals surface area contributed by atoms with Gasteiger partial charge in [-0.1, -0.05) is 5.92 Å². The molecule has 3 rings (SSSR count). The highest BCUT2D eigenvalue weighted by molar-refractivity contribution is 7.10. The van der Waals surface area contributed by atoms with E-state index in [1.54, 1.807) is 16.2 Å². The van der Waals surface area contributed by atoms with Crippen LogP contribution in [0, 0.1) is 17.8 Å². The first-order valence-corrected chi connectivity index (χ1v) is 10.0. The minimum atomic E-state index is -0.500. The monoisotopic (exact) mass is 374 g/mol. The number of rotatable bonds is 0. The first-order valence-electron chi connectivity index (χ1n) is 9.15. The lowest BCUT2D eigenvalue weighted by Gasteiger charge is -2.32. The van der Waals surface area contributed by atoms with Gasteiger partial charge in [0.25, 0.3) is 5.91 Å². The quantitative estimate of drug-likeness (QED) is 0.655. The van der Waals surface area contributed by atoms with E-state index in [2.05, 4.69) is 23.3 Å². The molecule has 1 saturated heterocycles. The third-order valence-electron chi connectivity index (χ3n) is 4.55. The molecule has 0 saturated carbocycles. The van der Waals surface area contributed by atoms with Crippen LogP contribution in [0.15, 0.2) is 11.4 Å². The van der Waals surface area contributed by atoms with Crippen LogP contribution in [0.4, 0.5) is 4.79 Å². The summed E-state index contributed by atoms with van der Waals surface area (Å²) >= 11 is 1.76. The molecule has 2 aliphatic rings. The van der Waals surface area contributed by atoms with Crippen molar-refractivity contribution in [3.8, 4) is 11.8 Å². The van der Waals surface area contributed by atoms with Crippen molar-refractivity contribution in [2.24, 2.45) is 5.92 Å². The number of amides is 2. The van der Waals surface area contributed by atoms with Crippen LogP contribution in [0.5, 0.6) is 0 Å². The van der Waals surface area contributed by atoms with Crippen LogP contribution < -0.4 is 0 Å². The Labute approximate surface area is 159 Å². The van der Waals surface area contributed by atoms with E-state index in [0.29, 0.717) is 19.6 Å². The normalized spacial score (nSPS) is 20.0. The summed E-state index contributed by atoms with van der Waals surface area (Å²) in [5, 5.41) is 2.08. The van der Waals surface area contributed by atoms with Gasteiger partial charge < -0.3 is 14.5 Å². The topological polar surface area (TPSA) is 49.9 Å². The Hall–Kier alpha value is -2.00. The maximum Gasteiger partial charge on any atom is 0.410 e. The van der Waals surface area contributed by atoms with Crippen LogP contribution in [0.3, 0.4) is 0 Å². The van der Waals surface area contributed by atoms with Gasteiger partial charge in [-0.15, -0.1) is 11.3 Å². The van der Waals surface area contributed by atoms with Crippen LogP contribution in [0.2, 0.25) is 0 Å². The zero-order chi connectivity index (χ0) is 18.7. The van der Waals surface area contributed by atoms with E-state index < -0.39 is 5.60 Å². The molecule has 0 bridgehead atoms. The predicted octanol–water partition coefficient (Wildman–Crippen LogP) is 3.28. The summed E-state index contributed by atoms with van der Waals surface area (Å²) in [7, 11) is 0. The van der Waals surface area contributed by atoms with Crippen molar-refractivity contribution in [1.82, 2.24) is 9.80 Å². The van der Waals surface area contributed by atoms with Crippen molar-refractivity contribution in [3.05, 3.63) is 21.9 Å². The van der Waals surface area contributed by atoms with E-state index in [1.807, 2.05) is 25.7 Å². The first-order chi connectivity index (χ1) is 12.3. The molecule has 1 aromatic heterocycles. The number of likely N-dealkylation sites (tertiary alicyclic amines) is 1. The molecule has 140 valence electrons. The summed E-state index contributed by atoms with van der Waals surface area (Å²) < 4.78 is 5.44. The van der Waals surface area contributed by atoms with Crippen LogP contribution in [-0.4, -0.2) is 47.0 Å². The van der Waals surface area contributed by atoms with Crippen LogP contribution in [-0.2, 0) is 22.5 Å². The van der Waals surface area contributed by atoms with Gasteiger partial charge in [0.05, 0.1) is 0 Å². The molecule has 2 amide bonds. The van der Waals surface area contributed by atoms with E-state index in [1.165, 1.54) is 10.4 Å². The average Bonchev–Trinajstić information content (AvgIpc) is 3.06. The smallest absolute Gasteiger partial charge is 0.410 e. The molecule has 0 spiro atoms. The highest BCUT2D eigenvalue weighted by Gasteiger charge is 2.27. The third kappa shape index (κ3) is 4.79. The highest BCUT2D eigenvalue weighted by atomic mass is 32.1. The Morgan fingerprint density at radius 2 is 2.08 bits per heavy atom. The number of hydrogen-bond acceptors (Lipinski definition) is 4. The predicted molar refractivity (Wildman–Crippen MR) is 102 cm³/mol. The van der Waals surface area contributed by atoms with Gasteiger partial charge in [-0.05, 0) is 63.0 Å². The Kier molecular flexibility index (Phi) is 5.57. The second-order valence-corrected chi connectivity index (χ2v) is 8.88. The van der Waals surface area contributed by atoms with Gasteiger partial charge in [0.1, 0.15) is 5.60 Å². The molecule has 1 fully saturated rings. The summed E-state index contributed by atoms with van der Waals surface area (Å²) in [5.41, 5.74) is 0.741. The van der Waals surface area contributed by atoms with E-state index in [4.69, 9.17) is 4.74 Å².